The molecule has 0 fully saturated rings. The molecule has 2 aromatic carbocycles. The molecule has 1 N–H and O–H groups in total. The van der Waals surface area contributed by atoms with Crippen LogP contribution >= 0.6 is 7.94 Å². The molecule has 3 rings (SSSR count). The molecule has 1 heterocycles. The summed E-state index contributed by atoms with van der Waals surface area (Å²) >= 11 is 0. The molecule has 4 heteroatoms. The summed E-state index contributed by atoms with van der Waals surface area (Å²) in [5.41, 5.74) is 6.84. The Hall–Kier alpha value is -1.57. The van der Waals surface area contributed by atoms with Gasteiger partial charge < -0.3 is 0 Å². The van der Waals surface area contributed by atoms with Crippen molar-refractivity contribution >= 4 is 7.94 Å². The molecule has 0 spiro atoms. The summed E-state index contributed by atoms with van der Waals surface area (Å²) in [4.78, 5) is 11.8. The van der Waals surface area contributed by atoms with Gasteiger partial charge in [0.25, 0.3) is 0 Å². The molecule has 0 saturated carbocycles. The Morgan fingerprint density at radius 2 is 0.971 bits per heavy atom. The normalized spacial score (nSPS) is 17.3. The molecular formula is C31H49O3P. The van der Waals surface area contributed by atoms with E-state index < -0.39 is 7.94 Å². The first-order valence-electron chi connectivity index (χ1n) is 13.1. The molecule has 0 amide bonds. The van der Waals surface area contributed by atoms with Crippen LogP contribution in [0.3, 0.4) is 0 Å². The van der Waals surface area contributed by atoms with Gasteiger partial charge in [-0.3, -0.25) is 0 Å². The first kappa shape index (κ1) is 28.0. The van der Waals surface area contributed by atoms with E-state index in [9.17, 15) is 4.89 Å². The van der Waals surface area contributed by atoms with Crippen molar-refractivity contribution in [1.82, 2.24) is 0 Å². The number of hydrogen-bond donors (Lipinski definition) is 1. The van der Waals surface area contributed by atoms with E-state index in [0.29, 0.717) is 12.6 Å². The fourth-order valence-corrected chi connectivity index (χ4v) is 6.00. The van der Waals surface area contributed by atoms with Gasteiger partial charge >= 0.3 is 215 Å². The Kier molecular flexibility index (Phi) is 7.02. The average Bonchev–Trinajstić information content (AvgIpc) is 2.65. The van der Waals surface area contributed by atoms with Crippen LogP contribution in [0.2, 0.25) is 0 Å². The first-order valence-corrected chi connectivity index (χ1v) is 15.1. The second kappa shape index (κ2) is 8.77. The Balaban J connectivity index is 2.45. The topological polar surface area (TPSA) is 38.7 Å². The molecule has 0 unspecified atom stereocenters. The summed E-state index contributed by atoms with van der Waals surface area (Å²) in [6.07, 6.45) is 1.15. The zero-order chi connectivity index (χ0) is 26.8. The Labute approximate surface area is 215 Å². The molecular weight excluding hydrogens is 451 g/mol. The monoisotopic (exact) mass is 500 g/mol. The predicted molar refractivity (Wildman–Crippen MR) is 153 cm³/mol. The third-order valence-electron chi connectivity index (χ3n) is 7.03. The van der Waals surface area contributed by atoms with Crippen molar-refractivity contribution in [1.29, 1.82) is 0 Å². The standard InChI is InChI=1S/C31H49O3P/c1-14-35(32)33-26-20(16-22(28(2,3)4)18-24(26)30(8,9)10)15-21-17-23(29(5,6)7)19-25(27(21)34-35)31(11,12)13/h16-19,32,35H,14-15H2,1-13H3. The maximum absolute atomic E-state index is 11.8. The average molecular weight is 501 g/mol. The molecule has 0 saturated heterocycles. The summed E-state index contributed by atoms with van der Waals surface area (Å²) < 4.78 is 13.2. The van der Waals surface area contributed by atoms with E-state index in [0.717, 1.165) is 33.8 Å². The van der Waals surface area contributed by atoms with E-state index in [-0.39, 0.29) is 21.7 Å². The van der Waals surface area contributed by atoms with Gasteiger partial charge in [0, 0.05) is 0 Å². The molecule has 3 nitrogen and oxygen atoms in total. The van der Waals surface area contributed by atoms with Gasteiger partial charge in [-0.1, -0.05) is 0 Å². The summed E-state index contributed by atoms with van der Waals surface area (Å²) in [6, 6.07) is 9.14. The predicted octanol–water partition coefficient (Wildman–Crippen LogP) is 8.75. The molecule has 0 atom stereocenters. The van der Waals surface area contributed by atoms with Gasteiger partial charge in [0.2, 0.25) is 0 Å². The summed E-state index contributed by atoms with van der Waals surface area (Å²) in [7, 11) is -3.54. The molecule has 0 radical (unpaired) electrons. The van der Waals surface area contributed by atoms with Crippen LogP contribution in [-0.4, -0.2) is 11.1 Å². The van der Waals surface area contributed by atoms with Crippen LogP contribution in [0.25, 0.3) is 0 Å². The van der Waals surface area contributed by atoms with Gasteiger partial charge in [0.05, 0.1) is 0 Å². The Morgan fingerprint density at radius 3 is 1.23 bits per heavy atom. The Bertz CT molecular complexity index is 1020. The van der Waals surface area contributed by atoms with Gasteiger partial charge in [0.1, 0.15) is 0 Å². The zero-order valence-corrected chi connectivity index (χ0v) is 25.5. The number of benzene rings is 2. The van der Waals surface area contributed by atoms with Crippen molar-refractivity contribution in [3.8, 4) is 11.5 Å². The third kappa shape index (κ3) is 5.89. The molecule has 1 aliphatic rings. The van der Waals surface area contributed by atoms with Gasteiger partial charge in [-0.2, -0.15) is 0 Å². The van der Waals surface area contributed by atoms with E-state index in [1.54, 1.807) is 0 Å². The van der Waals surface area contributed by atoms with Crippen LogP contribution in [0.1, 0.15) is 123 Å². The van der Waals surface area contributed by atoms with Crippen molar-refractivity contribution in [3.05, 3.63) is 57.6 Å². The summed E-state index contributed by atoms with van der Waals surface area (Å²) in [5.74, 6) is 1.62. The number of fused-ring (bicyclic) bond motifs is 2. The molecule has 0 aromatic heterocycles. The number of rotatable bonds is 1. The molecule has 1 aliphatic heterocycles. The quantitative estimate of drug-likeness (QED) is 0.398. The molecule has 35 heavy (non-hydrogen) atoms. The number of hydrogen-bond acceptors (Lipinski definition) is 3. The maximum atomic E-state index is 11.8. The molecule has 2 aromatic rings. The fraction of sp³-hybridized carbons (Fsp3) is 0.613. The minimum atomic E-state index is -3.54. The SMILES string of the molecule is CC[PH]1(O)Oc2c(cc(C(C)(C)C)cc2C(C)(C)C)Cc2cc(C(C)(C)C)cc(C(C)(C)C)c2O1. The second-order valence-corrected chi connectivity index (χ2v) is 17.0. The van der Waals surface area contributed by atoms with Crippen molar-refractivity contribution in [2.24, 2.45) is 0 Å². The van der Waals surface area contributed by atoms with Gasteiger partial charge in [0.15, 0.2) is 0 Å². The van der Waals surface area contributed by atoms with Crippen LogP contribution in [0.4, 0.5) is 0 Å². The van der Waals surface area contributed by atoms with E-state index in [2.05, 4.69) is 107 Å². The van der Waals surface area contributed by atoms with E-state index in [4.69, 9.17) is 9.05 Å². The van der Waals surface area contributed by atoms with Gasteiger partial charge in [-0.05, 0) is 0 Å². The van der Waals surface area contributed by atoms with E-state index >= 15 is 0 Å². The third-order valence-corrected chi connectivity index (χ3v) is 8.97. The van der Waals surface area contributed by atoms with E-state index in [1.165, 1.54) is 11.1 Å². The zero-order valence-electron chi connectivity index (χ0n) is 24.5. The van der Waals surface area contributed by atoms with Crippen molar-refractivity contribution < 1.29 is 13.9 Å². The van der Waals surface area contributed by atoms with Crippen LogP contribution in [0.15, 0.2) is 24.3 Å². The first-order chi connectivity index (χ1) is 15.7. The molecule has 0 aliphatic carbocycles. The summed E-state index contributed by atoms with van der Waals surface area (Å²) in [5, 5.41) is 0. The van der Waals surface area contributed by atoms with Gasteiger partial charge in [-0.25, -0.2) is 0 Å². The van der Waals surface area contributed by atoms with Gasteiger partial charge in [-0.15, -0.1) is 0 Å². The van der Waals surface area contributed by atoms with E-state index in [1.807, 2.05) is 6.92 Å². The van der Waals surface area contributed by atoms with Crippen LogP contribution < -0.4 is 9.05 Å². The molecule has 196 valence electrons. The van der Waals surface area contributed by atoms with Crippen LogP contribution in [-0.2, 0) is 28.1 Å². The second-order valence-electron chi connectivity index (χ2n) is 14.5. The summed E-state index contributed by atoms with van der Waals surface area (Å²) in [6.45, 7) is 28.8. The Morgan fingerprint density at radius 1 is 0.629 bits per heavy atom. The van der Waals surface area contributed by atoms with Crippen molar-refractivity contribution in [2.45, 2.75) is 118 Å². The van der Waals surface area contributed by atoms with Crippen molar-refractivity contribution in [3.63, 3.8) is 0 Å². The minimum absolute atomic E-state index is 0.000950. The molecule has 0 bridgehead atoms. The van der Waals surface area contributed by atoms with Crippen LogP contribution in [0.5, 0.6) is 11.5 Å². The fourth-order valence-electron chi connectivity index (χ4n) is 4.55. The van der Waals surface area contributed by atoms with Crippen LogP contribution in [0, 0.1) is 0 Å². The van der Waals surface area contributed by atoms with Crippen molar-refractivity contribution in [2.75, 3.05) is 6.16 Å².